The summed E-state index contributed by atoms with van der Waals surface area (Å²) in [5.74, 6) is -0.908. The molecule has 0 amide bonds. The van der Waals surface area contributed by atoms with Gasteiger partial charge in [0.05, 0.1) is 0 Å². The first-order valence-electron chi connectivity index (χ1n) is 6.47. The number of carbonyl (C=O) groups is 1. The van der Waals surface area contributed by atoms with Crippen LogP contribution in [0.1, 0.15) is 77.6 Å². The van der Waals surface area contributed by atoms with E-state index in [0.29, 0.717) is 0 Å². The molecule has 0 aromatic rings. The zero-order valence-electron chi connectivity index (χ0n) is 10.1. The Balaban J connectivity index is 2.89. The van der Waals surface area contributed by atoms with Gasteiger partial charge < -0.3 is 9.90 Å². The lowest BCUT2D eigenvalue weighted by Crippen LogP contribution is -2.21. The fourth-order valence-electron chi connectivity index (χ4n) is 1.76. The van der Waals surface area contributed by atoms with Crippen molar-refractivity contribution in [1.82, 2.24) is 0 Å². The lowest BCUT2D eigenvalue weighted by molar-refractivity contribution is -0.305. The highest BCUT2D eigenvalue weighted by Crippen LogP contribution is 2.10. The molecule has 0 atom stereocenters. The van der Waals surface area contributed by atoms with E-state index in [2.05, 4.69) is 6.92 Å². The molecule has 2 heteroatoms. The second kappa shape index (κ2) is 11.5. The normalized spacial score (nSPS) is 10.5. The van der Waals surface area contributed by atoms with Crippen molar-refractivity contribution in [3.05, 3.63) is 0 Å². The Hall–Kier alpha value is -0.530. The van der Waals surface area contributed by atoms with Gasteiger partial charge in [-0.25, -0.2) is 0 Å². The van der Waals surface area contributed by atoms with Gasteiger partial charge in [-0.1, -0.05) is 64.7 Å². The number of carboxylic acids is 1. The largest absolute Gasteiger partial charge is 0.550 e. The van der Waals surface area contributed by atoms with Crippen molar-refractivity contribution in [3.63, 3.8) is 0 Å². The molecule has 0 N–H and O–H groups in total. The molecule has 0 aliphatic rings. The average molecular weight is 213 g/mol. The molecule has 0 unspecified atom stereocenters. The van der Waals surface area contributed by atoms with Gasteiger partial charge in [0, 0.05) is 5.97 Å². The summed E-state index contributed by atoms with van der Waals surface area (Å²) in [6.07, 6.45) is 12.6. The molecule has 90 valence electrons. The zero-order chi connectivity index (χ0) is 11.4. The van der Waals surface area contributed by atoms with Crippen molar-refractivity contribution >= 4 is 5.97 Å². The molecule has 0 aromatic heterocycles. The van der Waals surface area contributed by atoms with Crippen molar-refractivity contribution in [2.75, 3.05) is 0 Å². The summed E-state index contributed by atoms with van der Waals surface area (Å²) in [4.78, 5) is 10.1. The van der Waals surface area contributed by atoms with Crippen molar-refractivity contribution in [2.45, 2.75) is 77.6 Å². The van der Waals surface area contributed by atoms with Gasteiger partial charge in [0.1, 0.15) is 0 Å². The average Bonchev–Trinajstić information content (AvgIpc) is 2.20. The summed E-state index contributed by atoms with van der Waals surface area (Å²) in [6, 6.07) is 0. The van der Waals surface area contributed by atoms with Gasteiger partial charge in [-0.05, 0) is 12.8 Å². The topological polar surface area (TPSA) is 40.1 Å². The fourth-order valence-corrected chi connectivity index (χ4v) is 1.76. The molecular weight excluding hydrogens is 188 g/mol. The Morgan fingerprint density at radius 1 is 0.800 bits per heavy atom. The number of hydrogen-bond acceptors (Lipinski definition) is 2. The predicted molar refractivity (Wildman–Crippen MR) is 61.5 cm³/mol. The molecule has 0 aliphatic carbocycles. The second-order valence-electron chi connectivity index (χ2n) is 4.30. The number of aliphatic carboxylic acids is 1. The van der Waals surface area contributed by atoms with Crippen LogP contribution in [0.5, 0.6) is 0 Å². The van der Waals surface area contributed by atoms with E-state index in [4.69, 9.17) is 0 Å². The predicted octanol–water partition coefficient (Wildman–Crippen LogP) is 3.05. The molecule has 0 fully saturated rings. The molecule has 15 heavy (non-hydrogen) atoms. The minimum Gasteiger partial charge on any atom is -0.550 e. The molecule has 0 bridgehead atoms. The smallest absolute Gasteiger partial charge is 0.0414 e. The van der Waals surface area contributed by atoms with E-state index in [1.54, 1.807) is 0 Å². The monoisotopic (exact) mass is 213 g/mol. The van der Waals surface area contributed by atoms with E-state index >= 15 is 0 Å². The highest BCUT2D eigenvalue weighted by atomic mass is 16.4. The van der Waals surface area contributed by atoms with E-state index in [-0.39, 0.29) is 6.42 Å². The van der Waals surface area contributed by atoms with Crippen LogP contribution in [0.4, 0.5) is 0 Å². The maximum Gasteiger partial charge on any atom is 0.0414 e. The van der Waals surface area contributed by atoms with Crippen molar-refractivity contribution in [3.8, 4) is 0 Å². The maximum atomic E-state index is 10.1. The number of unbranched alkanes of at least 4 members (excludes halogenated alkanes) is 9. The molecular formula is C13H25O2-. The third-order valence-corrected chi connectivity index (χ3v) is 2.73. The molecule has 0 radical (unpaired) electrons. The van der Waals surface area contributed by atoms with Gasteiger partial charge in [0.2, 0.25) is 0 Å². The summed E-state index contributed by atoms with van der Waals surface area (Å²) >= 11 is 0. The van der Waals surface area contributed by atoms with Gasteiger partial charge in [0.15, 0.2) is 0 Å². The molecule has 0 heterocycles. The first-order chi connectivity index (χ1) is 7.27. The number of carbonyl (C=O) groups excluding carboxylic acids is 1. The van der Waals surface area contributed by atoms with Crippen molar-refractivity contribution < 1.29 is 9.90 Å². The van der Waals surface area contributed by atoms with E-state index in [1.807, 2.05) is 0 Å². The molecule has 2 nitrogen and oxygen atoms in total. The fraction of sp³-hybridized carbons (Fsp3) is 0.923. The van der Waals surface area contributed by atoms with Crippen LogP contribution in [0, 0.1) is 0 Å². The first-order valence-corrected chi connectivity index (χ1v) is 6.47. The van der Waals surface area contributed by atoms with E-state index < -0.39 is 5.97 Å². The zero-order valence-corrected chi connectivity index (χ0v) is 10.1. The van der Waals surface area contributed by atoms with Gasteiger partial charge in [-0.15, -0.1) is 0 Å². The van der Waals surface area contributed by atoms with Crippen LogP contribution in [0.3, 0.4) is 0 Å². The van der Waals surface area contributed by atoms with E-state index in [1.165, 1.54) is 51.4 Å². The van der Waals surface area contributed by atoms with E-state index in [9.17, 15) is 9.90 Å². The van der Waals surface area contributed by atoms with Gasteiger partial charge in [-0.3, -0.25) is 0 Å². The molecule has 0 rings (SSSR count). The van der Waals surface area contributed by atoms with Crippen LogP contribution < -0.4 is 5.11 Å². The Morgan fingerprint density at radius 2 is 1.20 bits per heavy atom. The molecule has 0 spiro atoms. The van der Waals surface area contributed by atoms with Crippen LogP contribution in [0.2, 0.25) is 0 Å². The summed E-state index contributed by atoms with van der Waals surface area (Å²) in [7, 11) is 0. The third-order valence-electron chi connectivity index (χ3n) is 2.73. The van der Waals surface area contributed by atoms with Crippen LogP contribution in [-0.2, 0) is 4.79 Å². The summed E-state index contributed by atoms with van der Waals surface area (Å²) in [5, 5.41) is 10.1. The molecule has 0 aromatic carbocycles. The highest BCUT2D eigenvalue weighted by Gasteiger charge is 1.92. The van der Waals surface area contributed by atoms with Crippen LogP contribution >= 0.6 is 0 Å². The molecule has 0 saturated carbocycles. The second-order valence-corrected chi connectivity index (χ2v) is 4.30. The highest BCUT2D eigenvalue weighted by molar-refractivity contribution is 5.63. The third kappa shape index (κ3) is 13.5. The van der Waals surface area contributed by atoms with Crippen molar-refractivity contribution in [2.24, 2.45) is 0 Å². The maximum absolute atomic E-state index is 10.1. The van der Waals surface area contributed by atoms with Gasteiger partial charge in [-0.2, -0.15) is 0 Å². The van der Waals surface area contributed by atoms with E-state index in [0.717, 1.165) is 12.8 Å². The minimum absolute atomic E-state index is 0.233. The Kier molecular flexibility index (Phi) is 11.1. The summed E-state index contributed by atoms with van der Waals surface area (Å²) < 4.78 is 0. The SMILES string of the molecule is CCCCCCCCCCCCC(=O)[O-]. The quantitative estimate of drug-likeness (QED) is 0.495. The number of rotatable bonds is 11. The molecule has 0 saturated heterocycles. The number of hydrogen-bond donors (Lipinski definition) is 0. The first kappa shape index (κ1) is 14.5. The molecule has 0 aliphatic heterocycles. The minimum atomic E-state index is -0.908. The summed E-state index contributed by atoms with van der Waals surface area (Å²) in [5.41, 5.74) is 0. The van der Waals surface area contributed by atoms with Gasteiger partial charge in [0.25, 0.3) is 0 Å². The van der Waals surface area contributed by atoms with Crippen LogP contribution in [0.25, 0.3) is 0 Å². The Morgan fingerprint density at radius 3 is 1.60 bits per heavy atom. The standard InChI is InChI=1S/C13H26O2/c1-2-3-4-5-6-7-8-9-10-11-12-13(14)15/h2-12H2,1H3,(H,14,15)/p-1. The van der Waals surface area contributed by atoms with Crippen LogP contribution in [-0.4, -0.2) is 5.97 Å². The lowest BCUT2D eigenvalue weighted by Gasteiger charge is -2.02. The number of carboxylic acid groups (broad SMARTS) is 1. The van der Waals surface area contributed by atoms with Crippen molar-refractivity contribution in [1.29, 1.82) is 0 Å². The summed E-state index contributed by atoms with van der Waals surface area (Å²) in [6.45, 7) is 2.23. The van der Waals surface area contributed by atoms with Gasteiger partial charge >= 0.3 is 0 Å². The lowest BCUT2D eigenvalue weighted by atomic mass is 10.1. The Labute approximate surface area is 94.1 Å². The Bertz CT molecular complexity index is 143. The van der Waals surface area contributed by atoms with Crippen LogP contribution in [0.15, 0.2) is 0 Å².